The van der Waals surface area contributed by atoms with E-state index in [9.17, 15) is 4.79 Å². The minimum atomic E-state index is -0.199. The maximum Gasteiger partial charge on any atom is 0.313 e. The van der Waals surface area contributed by atoms with Gasteiger partial charge in [-0.2, -0.15) is 0 Å². The van der Waals surface area contributed by atoms with E-state index in [1.807, 2.05) is 0 Å². The maximum absolute atomic E-state index is 12.0. The van der Waals surface area contributed by atoms with E-state index >= 15 is 0 Å². The first-order chi connectivity index (χ1) is 7.29. The fraction of sp³-hybridized carbons (Fsp3) is 0.917. The molecule has 0 radical (unpaired) electrons. The fourth-order valence-corrected chi connectivity index (χ4v) is 3.23. The van der Waals surface area contributed by atoms with Crippen LogP contribution >= 0.6 is 0 Å². The van der Waals surface area contributed by atoms with E-state index in [-0.39, 0.29) is 11.4 Å². The number of carbonyl (C=O) groups is 1. The largest absolute Gasteiger partial charge is 0.469 e. The molecule has 3 nitrogen and oxygen atoms in total. The fourth-order valence-electron chi connectivity index (χ4n) is 3.23. The summed E-state index contributed by atoms with van der Waals surface area (Å²) < 4.78 is 5.01. The normalized spacial score (nSPS) is 30.1. The van der Waals surface area contributed by atoms with Gasteiger partial charge in [-0.05, 0) is 32.2 Å². The van der Waals surface area contributed by atoms with E-state index in [1.165, 1.54) is 32.8 Å². The summed E-state index contributed by atoms with van der Waals surface area (Å²) in [6.07, 6.45) is 7.99. The van der Waals surface area contributed by atoms with Crippen molar-refractivity contribution in [2.24, 2.45) is 5.41 Å². The van der Waals surface area contributed by atoms with Crippen LogP contribution in [0.4, 0.5) is 0 Å². The number of methoxy groups -OCH3 is 1. The number of nitrogens with one attached hydrogen (secondary N) is 1. The van der Waals surface area contributed by atoms with Crippen LogP contribution in [0.3, 0.4) is 0 Å². The minimum absolute atomic E-state index is 0.0133. The topological polar surface area (TPSA) is 38.3 Å². The highest BCUT2D eigenvalue weighted by Gasteiger charge is 2.48. The summed E-state index contributed by atoms with van der Waals surface area (Å²) in [5.41, 5.74) is -0.199. The maximum atomic E-state index is 12.0. The van der Waals surface area contributed by atoms with Gasteiger partial charge < -0.3 is 10.1 Å². The Hall–Kier alpha value is -0.570. The van der Waals surface area contributed by atoms with Crippen molar-refractivity contribution in [3.8, 4) is 0 Å². The molecule has 1 unspecified atom stereocenters. The molecule has 1 saturated heterocycles. The van der Waals surface area contributed by atoms with E-state index in [4.69, 9.17) is 4.74 Å². The Kier molecular flexibility index (Phi) is 3.29. The highest BCUT2D eigenvalue weighted by molar-refractivity contribution is 5.78. The standard InChI is InChI=1S/C12H21NO2/c1-15-11(14)12(7-3-4-8-12)10-6-2-5-9-13-10/h10,13H,2-9H2,1H3. The third kappa shape index (κ3) is 1.89. The van der Waals surface area contributed by atoms with E-state index in [1.54, 1.807) is 0 Å². The van der Waals surface area contributed by atoms with Gasteiger partial charge in [-0.15, -0.1) is 0 Å². The molecule has 1 aliphatic carbocycles. The molecule has 86 valence electrons. The SMILES string of the molecule is COC(=O)C1(C2CCCCN2)CCCC1. The van der Waals surface area contributed by atoms with Crippen molar-refractivity contribution >= 4 is 5.97 Å². The van der Waals surface area contributed by atoms with Crippen molar-refractivity contribution in [2.75, 3.05) is 13.7 Å². The molecule has 0 amide bonds. The quantitative estimate of drug-likeness (QED) is 0.709. The molecule has 2 aliphatic rings. The summed E-state index contributed by atoms with van der Waals surface area (Å²) in [7, 11) is 1.52. The van der Waals surface area contributed by atoms with Gasteiger partial charge in [0.05, 0.1) is 12.5 Å². The molecule has 1 heterocycles. The molecule has 1 N–H and O–H groups in total. The van der Waals surface area contributed by atoms with Crippen LogP contribution in [0.15, 0.2) is 0 Å². The second-order valence-corrected chi connectivity index (χ2v) is 4.86. The first-order valence-corrected chi connectivity index (χ1v) is 6.11. The van der Waals surface area contributed by atoms with Crippen LogP contribution in [-0.4, -0.2) is 25.7 Å². The van der Waals surface area contributed by atoms with Crippen molar-refractivity contribution in [2.45, 2.75) is 51.0 Å². The Bertz CT molecular complexity index is 228. The summed E-state index contributed by atoms with van der Waals surface area (Å²) in [6.45, 7) is 1.06. The Balaban J connectivity index is 2.13. The number of esters is 1. The third-order valence-electron chi connectivity index (χ3n) is 4.07. The first-order valence-electron chi connectivity index (χ1n) is 6.11. The molecule has 0 aromatic carbocycles. The molecule has 0 aromatic heterocycles. The lowest BCUT2D eigenvalue weighted by molar-refractivity contribution is -0.155. The second-order valence-electron chi connectivity index (χ2n) is 4.86. The van der Waals surface area contributed by atoms with Gasteiger partial charge in [-0.3, -0.25) is 4.79 Å². The number of ether oxygens (including phenoxy) is 1. The van der Waals surface area contributed by atoms with Gasteiger partial charge in [0.25, 0.3) is 0 Å². The van der Waals surface area contributed by atoms with E-state index in [0.29, 0.717) is 6.04 Å². The lowest BCUT2D eigenvalue weighted by Gasteiger charge is -2.38. The number of hydrogen-bond acceptors (Lipinski definition) is 3. The third-order valence-corrected chi connectivity index (χ3v) is 4.07. The molecule has 0 bridgehead atoms. The molecule has 1 aliphatic heterocycles. The zero-order valence-electron chi connectivity index (χ0n) is 9.55. The lowest BCUT2D eigenvalue weighted by atomic mass is 9.75. The van der Waals surface area contributed by atoms with Gasteiger partial charge in [-0.25, -0.2) is 0 Å². The predicted octanol–water partition coefficient (Wildman–Crippen LogP) is 1.86. The van der Waals surface area contributed by atoms with Gasteiger partial charge in [-0.1, -0.05) is 19.3 Å². The van der Waals surface area contributed by atoms with E-state index in [2.05, 4.69) is 5.32 Å². The van der Waals surface area contributed by atoms with Crippen LogP contribution in [0.2, 0.25) is 0 Å². The van der Waals surface area contributed by atoms with Crippen LogP contribution in [0.5, 0.6) is 0 Å². The summed E-state index contributed by atoms with van der Waals surface area (Å²) in [4.78, 5) is 12.0. The van der Waals surface area contributed by atoms with Crippen molar-refractivity contribution in [1.29, 1.82) is 0 Å². The second kappa shape index (κ2) is 4.52. The molecule has 0 aromatic rings. The van der Waals surface area contributed by atoms with Crippen molar-refractivity contribution in [1.82, 2.24) is 5.32 Å². The molecule has 15 heavy (non-hydrogen) atoms. The van der Waals surface area contributed by atoms with Gasteiger partial charge in [0, 0.05) is 6.04 Å². The highest BCUT2D eigenvalue weighted by atomic mass is 16.5. The van der Waals surface area contributed by atoms with Crippen LogP contribution in [-0.2, 0) is 9.53 Å². The van der Waals surface area contributed by atoms with Gasteiger partial charge in [0.1, 0.15) is 0 Å². The van der Waals surface area contributed by atoms with Crippen LogP contribution < -0.4 is 5.32 Å². The Morgan fingerprint density at radius 1 is 1.27 bits per heavy atom. The summed E-state index contributed by atoms with van der Waals surface area (Å²) in [6, 6.07) is 0.362. The van der Waals surface area contributed by atoms with Crippen molar-refractivity contribution < 1.29 is 9.53 Å². The predicted molar refractivity (Wildman–Crippen MR) is 58.6 cm³/mol. The molecule has 2 fully saturated rings. The first kappa shape index (κ1) is 10.9. The minimum Gasteiger partial charge on any atom is -0.469 e. The average Bonchev–Trinajstić information content (AvgIpc) is 2.79. The number of hydrogen-bond donors (Lipinski definition) is 1. The van der Waals surface area contributed by atoms with Gasteiger partial charge >= 0.3 is 5.97 Å². The smallest absolute Gasteiger partial charge is 0.313 e. The van der Waals surface area contributed by atoms with E-state index in [0.717, 1.165) is 25.8 Å². The lowest BCUT2D eigenvalue weighted by Crippen LogP contribution is -2.51. The Morgan fingerprint density at radius 2 is 2.00 bits per heavy atom. The summed E-state index contributed by atoms with van der Waals surface area (Å²) >= 11 is 0. The van der Waals surface area contributed by atoms with E-state index < -0.39 is 0 Å². The van der Waals surface area contributed by atoms with Crippen LogP contribution in [0.1, 0.15) is 44.9 Å². The highest BCUT2D eigenvalue weighted by Crippen LogP contribution is 2.44. The molecular weight excluding hydrogens is 190 g/mol. The molecule has 1 saturated carbocycles. The molecule has 2 rings (SSSR count). The average molecular weight is 211 g/mol. The molecule has 0 spiro atoms. The number of rotatable bonds is 2. The Labute approximate surface area is 91.6 Å². The van der Waals surface area contributed by atoms with Gasteiger partial charge in [0.2, 0.25) is 0 Å². The molecule has 1 atom stereocenters. The summed E-state index contributed by atoms with van der Waals surface area (Å²) in [5.74, 6) is 0.0133. The van der Waals surface area contributed by atoms with Gasteiger partial charge in [0.15, 0.2) is 0 Å². The molecule has 3 heteroatoms. The van der Waals surface area contributed by atoms with Crippen molar-refractivity contribution in [3.05, 3.63) is 0 Å². The number of carbonyl (C=O) groups excluding carboxylic acids is 1. The van der Waals surface area contributed by atoms with Crippen LogP contribution in [0, 0.1) is 5.41 Å². The molecular formula is C12H21NO2. The summed E-state index contributed by atoms with van der Waals surface area (Å²) in [5, 5.41) is 3.52. The monoisotopic (exact) mass is 211 g/mol. The van der Waals surface area contributed by atoms with Crippen LogP contribution in [0.25, 0.3) is 0 Å². The zero-order valence-corrected chi connectivity index (χ0v) is 9.55. The zero-order chi connectivity index (χ0) is 10.7. The Morgan fingerprint density at radius 3 is 2.53 bits per heavy atom. The number of piperidine rings is 1. The van der Waals surface area contributed by atoms with Crippen molar-refractivity contribution in [3.63, 3.8) is 0 Å².